The fourth-order valence-corrected chi connectivity index (χ4v) is 1.12. The van der Waals surface area contributed by atoms with Gasteiger partial charge in [-0.2, -0.15) is 4.39 Å². The second-order valence-electron chi connectivity index (χ2n) is 1.76. The number of nitrogens with zero attached hydrogens (tertiary/aromatic N) is 1. The molecular weight excluding hydrogens is 236 g/mol. The van der Waals surface area contributed by atoms with Crippen LogP contribution in [0.15, 0.2) is 10.7 Å². The number of aromatic nitrogens is 1. The molecule has 0 saturated heterocycles. The Morgan fingerprint density at radius 3 is 2.91 bits per heavy atom. The molecule has 0 aliphatic rings. The molecule has 1 aromatic heterocycles. The maximum absolute atomic E-state index is 12.6. The van der Waals surface area contributed by atoms with Crippen molar-refractivity contribution >= 4 is 33.8 Å². The molecule has 0 radical (unpaired) electrons. The minimum Gasteiger partial charge on any atom is -0.298 e. The Balaban J connectivity index is 3.35. The Labute approximate surface area is 75.5 Å². The van der Waals surface area contributed by atoms with Crippen LogP contribution in [-0.4, -0.2) is 11.3 Å². The number of rotatable bonds is 1. The van der Waals surface area contributed by atoms with Gasteiger partial charge < -0.3 is 0 Å². The highest BCUT2D eigenvalue weighted by molar-refractivity contribution is 9.10. The smallest absolute Gasteiger partial charge is 0.233 e. The summed E-state index contributed by atoms with van der Waals surface area (Å²) in [5, 5.41) is -0.247. The van der Waals surface area contributed by atoms with E-state index >= 15 is 0 Å². The minimum absolute atomic E-state index is 0.0889. The minimum atomic E-state index is -0.844. The summed E-state index contributed by atoms with van der Waals surface area (Å²) in [6.45, 7) is 0. The zero-order chi connectivity index (χ0) is 8.43. The van der Waals surface area contributed by atoms with E-state index in [1.807, 2.05) is 0 Å². The lowest BCUT2D eigenvalue weighted by Crippen LogP contribution is -1.91. The standard InChI is InChI=1S/C6H2BrClFNO/c7-4-1-3(2-11)5(8)6(9)10-4/h1-2H. The summed E-state index contributed by atoms with van der Waals surface area (Å²) in [6.07, 6.45) is 0.470. The average Bonchev–Trinajstić information content (AvgIpc) is 1.96. The van der Waals surface area contributed by atoms with Crippen LogP contribution in [-0.2, 0) is 0 Å². The summed E-state index contributed by atoms with van der Waals surface area (Å²) < 4.78 is 12.8. The molecule has 0 atom stereocenters. The van der Waals surface area contributed by atoms with Crippen LogP contribution in [0.4, 0.5) is 4.39 Å². The van der Waals surface area contributed by atoms with Gasteiger partial charge >= 0.3 is 0 Å². The number of hydrogen-bond acceptors (Lipinski definition) is 2. The lowest BCUT2D eigenvalue weighted by atomic mass is 10.3. The van der Waals surface area contributed by atoms with Crippen molar-refractivity contribution in [1.82, 2.24) is 4.98 Å². The van der Waals surface area contributed by atoms with Gasteiger partial charge in [-0.25, -0.2) is 4.98 Å². The Morgan fingerprint density at radius 1 is 1.73 bits per heavy atom. The van der Waals surface area contributed by atoms with Crippen LogP contribution in [0.1, 0.15) is 10.4 Å². The monoisotopic (exact) mass is 237 g/mol. The largest absolute Gasteiger partial charge is 0.298 e. The molecule has 0 aliphatic heterocycles. The SMILES string of the molecule is O=Cc1cc(Br)nc(F)c1Cl. The summed E-state index contributed by atoms with van der Waals surface area (Å²) in [6, 6.07) is 1.35. The van der Waals surface area contributed by atoms with E-state index in [0.29, 0.717) is 6.29 Å². The van der Waals surface area contributed by atoms with Gasteiger partial charge in [0.25, 0.3) is 0 Å². The van der Waals surface area contributed by atoms with Gasteiger partial charge in [0.15, 0.2) is 6.29 Å². The van der Waals surface area contributed by atoms with E-state index in [1.54, 1.807) is 0 Å². The maximum Gasteiger partial charge on any atom is 0.233 e. The highest BCUT2D eigenvalue weighted by Crippen LogP contribution is 2.20. The normalized spacial score (nSPS) is 9.73. The zero-order valence-electron chi connectivity index (χ0n) is 5.14. The van der Waals surface area contributed by atoms with Crippen LogP contribution in [0.25, 0.3) is 0 Å². The van der Waals surface area contributed by atoms with Gasteiger partial charge in [-0.1, -0.05) is 11.6 Å². The fourth-order valence-electron chi connectivity index (χ4n) is 0.572. The number of halogens is 3. The number of pyridine rings is 1. The lowest BCUT2D eigenvalue weighted by Gasteiger charge is -1.96. The maximum atomic E-state index is 12.6. The van der Waals surface area contributed by atoms with E-state index in [-0.39, 0.29) is 15.2 Å². The molecule has 5 heteroatoms. The third kappa shape index (κ3) is 1.75. The van der Waals surface area contributed by atoms with E-state index in [1.165, 1.54) is 6.07 Å². The summed E-state index contributed by atoms with van der Waals surface area (Å²) >= 11 is 8.30. The zero-order valence-corrected chi connectivity index (χ0v) is 7.49. The van der Waals surface area contributed by atoms with Crippen LogP contribution >= 0.6 is 27.5 Å². The summed E-state index contributed by atoms with van der Waals surface area (Å²) in [4.78, 5) is 13.6. The summed E-state index contributed by atoms with van der Waals surface area (Å²) in [5.41, 5.74) is 0.0889. The Bertz CT molecular complexity index is 305. The van der Waals surface area contributed by atoms with E-state index < -0.39 is 5.95 Å². The van der Waals surface area contributed by atoms with Crippen molar-refractivity contribution in [3.05, 3.63) is 27.2 Å². The van der Waals surface area contributed by atoms with Crippen LogP contribution < -0.4 is 0 Å². The predicted molar refractivity (Wildman–Crippen MR) is 42.3 cm³/mol. The van der Waals surface area contributed by atoms with E-state index in [9.17, 15) is 9.18 Å². The van der Waals surface area contributed by atoms with Crippen molar-refractivity contribution in [2.75, 3.05) is 0 Å². The topological polar surface area (TPSA) is 30.0 Å². The quantitative estimate of drug-likeness (QED) is 0.556. The molecule has 58 valence electrons. The number of hydrogen-bond donors (Lipinski definition) is 0. The predicted octanol–water partition coefficient (Wildman–Crippen LogP) is 2.45. The van der Waals surface area contributed by atoms with Crippen molar-refractivity contribution in [3.63, 3.8) is 0 Å². The van der Waals surface area contributed by atoms with Gasteiger partial charge in [0.2, 0.25) is 5.95 Å². The van der Waals surface area contributed by atoms with Crippen molar-refractivity contribution in [2.45, 2.75) is 0 Å². The van der Waals surface area contributed by atoms with Gasteiger partial charge in [0, 0.05) is 5.56 Å². The molecule has 0 aromatic carbocycles. The molecule has 1 aromatic rings. The van der Waals surface area contributed by atoms with Gasteiger partial charge in [-0.3, -0.25) is 4.79 Å². The van der Waals surface area contributed by atoms with E-state index in [0.717, 1.165) is 0 Å². The first kappa shape index (κ1) is 8.62. The van der Waals surface area contributed by atoms with E-state index in [4.69, 9.17) is 11.6 Å². The van der Waals surface area contributed by atoms with Crippen LogP contribution in [0, 0.1) is 5.95 Å². The third-order valence-electron chi connectivity index (χ3n) is 1.04. The van der Waals surface area contributed by atoms with E-state index in [2.05, 4.69) is 20.9 Å². The fraction of sp³-hybridized carbons (Fsp3) is 0. The Kier molecular flexibility index (Phi) is 2.57. The molecule has 1 rings (SSSR count). The third-order valence-corrected chi connectivity index (χ3v) is 1.82. The number of carbonyl (C=O) groups is 1. The molecule has 0 aliphatic carbocycles. The first-order valence-corrected chi connectivity index (χ1v) is 3.79. The molecule has 0 fully saturated rings. The molecule has 1 heterocycles. The second-order valence-corrected chi connectivity index (χ2v) is 2.95. The van der Waals surface area contributed by atoms with Gasteiger partial charge in [0.05, 0.1) is 0 Å². The summed E-state index contributed by atoms with van der Waals surface area (Å²) in [7, 11) is 0. The lowest BCUT2D eigenvalue weighted by molar-refractivity contribution is 0.112. The van der Waals surface area contributed by atoms with Gasteiger partial charge in [-0.15, -0.1) is 0 Å². The average molecular weight is 238 g/mol. The van der Waals surface area contributed by atoms with Crippen molar-refractivity contribution in [3.8, 4) is 0 Å². The second kappa shape index (κ2) is 3.28. The molecular formula is C6H2BrClFNO. The van der Waals surface area contributed by atoms with Crippen LogP contribution in [0.3, 0.4) is 0 Å². The highest BCUT2D eigenvalue weighted by atomic mass is 79.9. The van der Waals surface area contributed by atoms with Crippen LogP contribution in [0.2, 0.25) is 5.02 Å². The highest BCUT2D eigenvalue weighted by Gasteiger charge is 2.07. The molecule has 11 heavy (non-hydrogen) atoms. The number of carbonyl (C=O) groups excluding carboxylic acids is 1. The molecule has 0 spiro atoms. The van der Waals surface area contributed by atoms with Gasteiger partial charge in [-0.05, 0) is 22.0 Å². The molecule has 0 unspecified atom stereocenters. The van der Waals surface area contributed by atoms with Crippen LogP contribution in [0.5, 0.6) is 0 Å². The molecule has 2 nitrogen and oxygen atoms in total. The molecule has 0 saturated carbocycles. The molecule has 0 bridgehead atoms. The van der Waals surface area contributed by atoms with Crippen molar-refractivity contribution in [1.29, 1.82) is 0 Å². The molecule has 0 N–H and O–H groups in total. The Morgan fingerprint density at radius 2 is 2.36 bits per heavy atom. The van der Waals surface area contributed by atoms with Crippen molar-refractivity contribution < 1.29 is 9.18 Å². The van der Waals surface area contributed by atoms with Gasteiger partial charge in [0.1, 0.15) is 9.63 Å². The number of aldehydes is 1. The summed E-state index contributed by atoms with van der Waals surface area (Å²) in [5.74, 6) is -0.844. The first-order chi connectivity index (χ1) is 5.15. The van der Waals surface area contributed by atoms with Crippen molar-refractivity contribution in [2.24, 2.45) is 0 Å². The first-order valence-electron chi connectivity index (χ1n) is 2.62. The molecule has 0 amide bonds. The Hall–Kier alpha value is -0.480.